The van der Waals surface area contributed by atoms with Gasteiger partial charge in [-0.1, -0.05) is 6.42 Å². The Morgan fingerprint density at radius 1 is 1.35 bits per heavy atom. The van der Waals surface area contributed by atoms with Crippen LogP contribution in [0.1, 0.15) is 40.0 Å². The van der Waals surface area contributed by atoms with Gasteiger partial charge in [-0.15, -0.1) is 0 Å². The SMILES string of the molecule is CC(C)NC(=O)C(C)OCC1CCCC1CN. The molecule has 0 saturated heterocycles. The fourth-order valence-electron chi connectivity index (χ4n) is 2.39. The minimum absolute atomic E-state index is 0.0257. The van der Waals surface area contributed by atoms with Crippen molar-refractivity contribution in [3.63, 3.8) is 0 Å². The molecule has 0 heterocycles. The Bertz CT molecular complexity index is 244. The topological polar surface area (TPSA) is 64.3 Å². The van der Waals surface area contributed by atoms with Crippen molar-refractivity contribution in [3.05, 3.63) is 0 Å². The normalized spacial score (nSPS) is 26.2. The van der Waals surface area contributed by atoms with Crippen molar-refractivity contribution < 1.29 is 9.53 Å². The van der Waals surface area contributed by atoms with E-state index in [1.54, 1.807) is 0 Å². The average molecular weight is 242 g/mol. The Kier molecular flexibility index (Phi) is 5.92. The lowest BCUT2D eigenvalue weighted by molar-refractivity contribution is -0.133. The summed E-state index contributed by atoms with van der Waals surface area (Å²) in [5.74, 6) is 1.09. The maximum absolute atomic E-state index is 11.6. The van der Waals surface area contributed by atoms with Crippen LogP contribution >= 0.6 is 0 Å². The molecular weight excluding hydrogens is 216 g/mol. The van der Waals surface area contributed by atoms with Crippen LogP contribution in [-0.2, 0) is 9.53 Å². The summed E-state index contributed by atoms with van der Waals surface area (Å²) in [6, 6.07) is 0.164. The molecule has 0 spiro atoms. The van der Waals surface area contributed by atoms with Crippen LogP contribution in [0.3, 0.4) is 0 Å². The van der Waals surface area contributed by atoms with E-state index in [0.29, 0.717) is 18.4 Å². The lowest BCUT2D eigenvalue weighted by Gasteiger charge is -2.21. The summed E-state index contributed by atoms with van der Waals surface area (Å²) in [5, 5.41) is 2.85. The van der Waals surface area contributed by atoms with Crippen LogP contribution in [0.4, 0.5) is 0 Å². The second-order valence-electron chi connectivity index (χ2n) is 5.33. The first-order valence-electron chi connectivity index (χ1n) is 6.66. The molecule has 1 fully saturated rings. The monoisotopic (exact) mass is 242 g/mol. The van der Waals surface area contributed by atoms with Crippen LogP contribution < -0.4 is 11.1 Å². The van der Waals surface area contributed by atoms with E-state index in [-0.39, 0.29) is 18.1 Å². The number of carbonyl (C=O) groups excluding carboxylic acids is 1. The second kappa shape index (κ2) is 6.97. The average Bonchev–Trinajstić information content (AvgIpc) is 2.72. The quantitative estimate of drug-likeness (QED) is 0.737. The number of ether oxygens (including phenoxy) is 1. The molecule has 1 amide bonds. The molecule has 0 aromatic heterocycles. The van der Waals surface area contributed by atoms with Gasteiger partial charge in [-0.05, 0) is 52.0 Å². The maximum atomic E-state index is 11.6. The van der Waals surface area contributed by atoms with Crippen LogP contribution in [0.15, 0.2) is 0 Å². The second-order valence-corrected chi connectivity index (χ2v) is 5.33. The van der Waals surface area contributed by atoms with E-state index in [4.69, 9.17) is 10.5 Å². The smallest absolute Gasteiger partial charge is 0.249 e. The first kappa shape index (κ1) is 14.5. The third-order valence-electron chi connectivity index (χ3n) is 3.48. The first-order valence-corrected chi connectivity index (χ1v) is 6.66. The highest BCUT2D eigenvalue weighted by molar-refractivity contribution is 5.80. The fraction of sp³-hybridized carbons (Fsp3) is 0.923. The lowest BCUT2D eigenvalue weighted by Crippen LogP contribution is -2.39. The van der Waals surface area contributed by atoms with E-state index < -0.39 is 0 Å². The molecule has 3 unspecified atom stereocenters. The number of amides is 1. The Morgan fingerprint density at radius 3 is 2.59 bits per heavy atom. The highest BCUT2D eigenvalue weighted by atomic mass is 16.5. The Morgan fingerprint density at radius 2 is 2.00 bits per heavy atom. The zero-order valence-corrected chi connectivity index (χ0v) is 11.2. The molecule has 1 aliphatic carbocycles. The number of carbonyl (C=O) groups is 1. The van der Waals surface area contributed by atoms with Crippen LogP contribution in [0, 0.1) is 11.8 Å². The van der Waals surface area contributed by atoms with Gasteiger partial charge in [0.2, 0.25) is 5.91 Å². The van der Waals surface area contributed by atoms with Gasteiger partial charge in [0.15, 0.2) is 0 Å². The molecule has 1 aliphatic rings. The number of hydrogen-bond donors (Lipinski definition) is 2. The third kappa shape index (κ3) is 4.64. The summed E-state index contributed by atoms with van der Waals surface area (Å²) < 4.78 is 5.65. The number of hydrogen-bond acceptors (Lipinski definition) is 3. The minimum atomic E-state index is -0.364. The van der Waals surface area contributed by atoms with Crippen molar-refractivity contribution in [2.75, 3.05) is 13.2 Å². The lowest BCUT2D eigenvalue weighted by atomic mass is 9.97. The predicted molar refractivity (Wildman–Crippen MR) is 68.6 cm³/mol. The van der Waals surface area contributed by atoms with E-state index >= 15 is 0 Å². The third-order valence-corrected chi connectivity index (χ3v) is 3.48. The van der Waals surface area contributed by atoms with Gasteiger partial charge < -0.3 is 15.8 Å². The summed E-state index contributed by atoms with van der Waals surface area (Å²) >= 11 is 0. The summed E-state index contributed by atoms with van der Waals surface area (Å²) in [6.07, 6.45) is 3.26. The molecule has 0 aromatic carbocycles. The molecule has 0 bridgehead atoms. The van der Waals surface area contributed by atoms with Gasteiger partial charge in [0, 0.05) is 6.04 Å². The van der Waals surface area contributed by atoms with Crippen molar-refractivity contribution in [1.82, 2.24) is 5.32 Å². The summed E-state index contributed by atoms with van der Waals surface area (Å²) in [7, 11) is 0. The van der Waals surface area contributed by atoms with Crippen molar-refractivity contribution in [1.29, 1.82) is 0 Å². The molecule has 4 heteroatoms. The Hall–Kier alpha value is -0.610. The molecule has 0 aliphatic heterocycles. The van der Waals surface area contributed by atoms with Crippen LogP contribution in [0.5, 0.6) is 0 Å². The van der Waals surface area contributed by atoms with Gasteiger partial charge in [0.25, 0.3) is 0 Å². The molecule has 0 radical (unpaired) electrons. The predicted octanol–water partition coefficient (Wildman–Crippen LogP) is 1.29. The highest BCUT2D eigenvalue weighted by Gasteiger charge is 2.27. The van der Waals surface area contributed by atoms with E-state index in [0.717, 1.165) is 6.54 Å². The van der Waals surface area contributed by atoms with Crippen molar-refractivity contribution in [2.24, 2.45) is 17.6 Å². The van der Waals surface area contributed by atoms with Crippen molar-refractivity contribution in [2.45, 2.75) is 52.2 Å². The minimum Gasteiger partial charge on any atom is -0.368 e. The fourth-order valence-corrected chi connectivity index (χ4v) is 2.39. The Balaban J connectivity index is 2.27. The molecule has 1 rings (SSSR count). The van der Waals surface area contributed by atoms with Crippen molar-refractivity contribution in [3.8, 4) is 0 Å². The molecular formula is C13H26N2O2. The molecule has 3 atom stereocenters. The molecule has 17 heavy (non-hydrogen) atoms. The number of rotatable bonds is 6. The van der Waals surface area contributed by atoms with E-state index in [1.165, 1.54) is 19.3 Å². The Labute approximate surface area is 104 Å². The van der Waals surface area contributed by atoms with Crippen LogP contribution in [-0.4, -0.2) is 31.2 Å². The zero-order chi connectivity index (χ0) is 12.8. The number of nitrogens with one attached hydrogen (secondary N) is 1. The number of nitrogens with two attached hydrogens (primary N) is 1. The molecule has 4 nitrogen and oxygen atoms in total. The highest BCUT2D eigenvalue weighted by Crippen LogP contribution is 2.31. The summed E-state index contributed by atoms with van der Waals surface area (Å²) in [4.78, 5) is 11.6. The van der Waals surface area contributed by atoms with Gasteiger partial charge in [-0.3, -0.25) is 4.79 Å². The van der Waals surface area contributed by atoms with Gasteiger partial charge in [0.1, 0.15) is 6.10 Å². The van der Waals surface area contributed by atoms with Crippen molar-refractivity contribution >= 4 is 5.91 Å². The first-order chi connectivity index (χ1) is 8.04. The molecule has 3 N–H and O–H groups in total. The van der Waals surface area contributed by atoms with Gasteiger partial charge in [-0.2, -0.15) is 0 Å². The molecule has 1 saturated carbocycles. The zero-order valence-electron chi connectivity index (χ0n) is 11.2. The van der Waals surface area contributed by atoms with E-state index in [9.17, 15) is 4.79 Å². The van der Waals surface area contributed by atoms with E-state index in [1.807, 2.05) is 20.8 Å². The van der Waals surface area contributed by atoms with Gasteiger partial charge in [-0.25, -0.2) is 0 Å². The van der Waals surface area contributed by atoms with Gasteiger partial charge in [0.05, 0.1) is 6.61 Å². The van der Waals surface area contributed by atoms with Crippen LogP contribution in [0.2, 0.25) is 0 Å². The van der Waals surface area contributed by atoms with Gasteiger partial charge >= 0.3 is 0 Å². The summed E-state index contributed by atoms with van der Waals surface area (Å²) in [6.45, 7) is 7.11. The van der Waals surface area contributed by atoms with E-state index in [2.05, 4.69) is 5.32 Å². The molecule has 100 valence electrons. The van der Waals surface area contributed by atoms with Crippen LogP contribution in [0.25, 0.3) is 0 Å². The standard InChI is InChI=1S/C13H26N2O2/c1-9(2)15-13(16)10(3)17-8-12-6-4-5-11(12)7-14/h9-12H,4-8,14H2,1-3H3,(H,15,16). The summed E-state index contributed by atoms with van der Waals surface area (Å²) in [5.41, 5.74) is 5.72. The molecule has 0 aromatic rings. The maximum Gasteiger partial charge on any atom is 0.249 e. The largest absolute Gasteiger partial charge is 0.368 e.